The van der Waals surface area contributed by atoms with Gasteiger partial charge in [0.15, 0.2) is 0 Å². The predicted octanol–water partition coefficient (Wildman–Crippen LogP) is 4.46. The molecule has 0 radical (unpaired) electrons. The highest BCUT2D eigenvalue weighted by Gasteiger charge is 2.28. The molecule has 1 heterocycles. The Morgan fingerprint density at radius 2 is 1.90 bits per heavy atom. The van der Waals surface area contributed by atoms with Crippen LogP contribution in [0.15, 0.2) is 24.3 Å². The van der Waals surface area contributed by atoms with E-state index in [4.69, 9.17) is 4.74 Å². The first-order valence-electron chi connectivity index (χ1n) is 8.19. The summed E-state index contributed by atoms with van der Waals surface area (Å²) in [6, 6.07) is 7.27. The fraction of sp³-hybridized carbons (Fsp3) is 0.667. The molecular formula is C18H28FNO. The summed E-state index contributed by atoms with van der Waals surface area (Å²) in [7, 11) is 0. The van der Waals surface area contributed by atoms with E-state index in [1.165, 1.54) is 18.4 Å². The lowest BCUT2D eigenvalue weighted by Gasteiger charge is -2.35. The Hall–Kier alpha value is -0.930. The summed E-state index contributed by atoms with van der Waals surface area (Å²) in [6.07, 6.45) is 5.71. The number of hydrogen-bond donors (Lipinski definition) is 1. The van der Waals surface area contributed by atoms with Crippen LogP contribution in [-0.4, -0.2) is 19.8 Å². The fourth-order valence-corrected chi connectivity index (χ4v) is 2.90. The van der Waals surface area contributed by atoms with Crippen molar-refractivity contribution in [2.75, 3.05) is 19.8 Å². The molecule has 0 spiro atoms. The van der Waals surface area contributed by atoms with Gasteiger partial charge in [0.25, 0.3) is 0 Å². The van der Waals surface area contributed by atoms with Crippen LogP contribution in [0.5, 0.6) is 0 Å². The van der Waals surface area contributed by atoms with Gasteiger partial charge in [0.1, 0.15) is 5.82 Å². The third-order valence-electron chi connectivity index (χ3n) is 4.59. The van der Waals surface area contributed by atoms with E-state index in [2.05, 4.69) is 19.2 Å². The molecule has 3 heteroatoms. The molecule has 1 unspecified atom stereocenters. The van der Waals surface area contributed by atoms with Crippen molar-refractivity contribution in [3.05, 3.63) is 35.6 Å². The minimum Gasteiger partial charge on any atom is -0.381 e. The maximum atomic E-state index is 13.1. The van der Waals surface area contributed by atoms with Gasteiger partial charge in [0.2, 0.25) is 0 Å². The van der Waals surface area contributed by atoms with Gasteiger partial charge in [-0.05, 0) is 42.4 Å². The monoisotopic (exact) mass is 293 g/mol. The molecule has 1 aliphatic rings. The molecule has 0 amide bonds. The Bertz CT molecular complexity index is 412. The van der Waals surface area contributed by atoms with Gasteiger partial charge in [-0.2, -0.15) is 0 Å². The van der Waals surface area contributed by atoms with E-state index in [1.54, 1.807) is 12.1 Å². The smallest absolute Gasteiger partial charge is 0.123 e. The summed E-state index contributed by atoms with van der Waals surface area (Å²) in [4.78, 5) is 0. The number of rotatable bonds is 7. The highest BCUT2D eigenvalue weighted by Crippen LogP contribution is 2.30. The van der Waals surface area contributed by atoms with E-state index < -0.39 is 0 Å². The van der Waals surface area contributed by atoms with Crippen molar-refractivity contribution in [2.45, 2.75) is 52.0 Å². The Balaban J connectivity index is 1.97. The van der Waals surface area contributed by atoms with E-state index in [0.717, 1.165) is 39.0 Å². The second-order valence-corrected chi connectivity index (χ2v) is 6.55. The quantitative estimate of drug-likeness (QED) is 0.801. The van der Waals surface area contributed by atoms with Gasteiger partial charge in [-0.15, -0.1) is 0 Å². The molecule has 1 N–H and O–H groups in total. The Kier molecular flexibility index (Phi) is 6.19. The van der Waals surface area contributed by atoms with Gasteiger partial charge in [0.05, 0.1) is 0 Å². The van der Waals surface area contributed by atoms with E-state index in [9.17, 15) is 4.39 Å². The van der Waals surface area contributed by atoms with Gasteiger partial charge in [-0.3, -0.25) is 0 Å². The number of unbranched alkanes of at least 4 members (excludes halogenated alkanes) is 1. The predicted molar refractivity (Wildman–Crippen MR) is 84.8 cm³/mol. The summed E-state index contributed by atoms with van der Waals surface area (Å²) < 4.78 is 18.6. The zero-order chi connectivity index (χ0) is 15.1. The van der Waals surface area contributed by atoms with Crippen molar-refractivity contribution in [2.24, 2.45) is 5.41 Å². The number of benzene rings is 1. The molecule has 2 rings (SSSR count). The first-order valence-corrected chi connectivity index (χ1v) is 8.19. The Labute approximate surface area is 128 Å². The van der Waals surface area contributed by atoms with Gasteiger partial charge in [-0.25, -0.2) is 4.39 Å². The normalized spacial score (nSPS) is 19.4. The zero-order valence-electron chi connectivity index (χ0n) is 13.3. The van der Waals surface area contributed by atoms with Crippen LogP contribution < -0.4 is 5.32 Å². The first-order chi connectivity index (χ1) is 10.1. The summed E-state index contributed by atoms with van der Waals surface area (Å²) >= 11 is 0. The molecule has 1 saturated heterocycles. The molecule has 1 atom stereocenters. The average Bonchev–Trinajstić information content (AvgIpc) is 2.49. The third kappa shape index (κ3) is 5.08. The number of halogens is 1. The molecule has 1 aromatic rings. The number of ether oxygens (including phenoxy) is 1. The standard InChI is InChI=1S/C18H28FNO/c1-3-4-5-17(15-6-8-16(19)9-7-15)20-14-18(2)10-12-21-13-11-18/h6-9,17,20H,3-5,10-14H2,1-2H3. The fourth-order valence-electron chi connectivity index (χ4n) is 2.90. The molecule has 0 aliphatic carbocycles. The number of hydrogen-bond acceptors (Lipinski definition) is 2. The topological polar surface area (TPSA) is 21.3 Å². The van der Waals surface area contributed by atoms with Crippen molar-refractivity contribution in [3.63, 3.8) is 0 Å². The molecule has 0 bridgehead atoms. The maximum Gasteiger partial charge on any atom is 0.123 e. The van der Waals surface area contributed by atoms with Crippen LogP contribution in [0.3, 0.4) is 0 Å². The van der Waals surface area contributed by atoms with Crippen molar-refractivity contribution >= 4 is 0 Å². The molecule has 0 saturated carbocycles. The second kappa shape index (κ2) is 7.90. The summed E-state index contributed by atoms with van der Waals surface area (Å²) in [6.45, 7) is 7.29. The first kappa shape index (κ1) is 16.4. The van der Waals surface area contributed by atoms with E-state index in [-0.39, 0.29) is 5.82 Å². The van der Waals surface area contributed by atoms with Crippen molar-refractivity contribution in [3.8, 4) is 0 Å². The van der Waals surface area contributed by atoms with Crippen LogP contribution in [0, 0.1) is 11.2 Å². The van der Waals surface area contributed by atoms with Gasteiger partial charge in [-0.1, -0.05) is 38.8 Å². The van der Waals surface area contributed by atoms with Crippen molar-refractivity contribution in [1.29, 1.82) is 0 Å². The largest absolute Gasteiger partial charge is 0.381 e. The summed E-state index contributed by atoms with van der Waals surface area (Å²) in [5, 5.41) is 3.72. The second-order valence-electron chi connectivity index (χ2n) is 6.55. The molecule has 1 aromatic carbocycles. The maximum absolute atomic E-state index is 13.1. The SMILES string of the molecule is CCCCC(NCC1(C)CCOCC1)c1ccc(F)cc1. The van der Waals surface area contributed by atoms with Gasteiger partial charge in [0, 0.05) is 25.8 Å². The molecular weight excluding hydrogens is 265 g/mol. The van der Waals surface area contributed by atoms with Crippen molar-refractivity contribution < 1.29 is 9.13 Å². The minimum atomic E-state index is -0.163. The molecule has 1 fully saturated rings. The van der Waals surface area contributed by atoms with Crippen LogP contribution in [-0.2, 0) is 4.74 Å². The molecule has 0 aromatic heterocycles. The Morgan fingerprint density at radius 3 is 2.52 bits per heavy atom. The zero-order valence-corrected chi connectivity index (χ0v) is 13.3. The lowest BCUT2D eigenvalue weighted by atomic mass is 9.82. The highest BCUT2D eigenvalue weighted by atomic mass is 19.1. The summed E-state index contributed by atoms with van der Waals surface area (Å²) in [5.74, 6) is -0.163. The third-order valence-corrected chi connectivity index (χ3v) is 4.59. The Morgan fingerprint density at radius 1 is 1.24 bits per heavy atom. The van der Waals surface area contributed by atoms with Crippen LogP contribution in [0.2, 0.25) is 0 Å². The van der Waals surface area contributed by atoms with E-state index >= 15 is 0 Å². The molecule has 21 heavy (non-hydrogen) atoms. The van der Waals surface area contributed by atoms with E-state index in [0.29, 0.717) is 11.5 Å². The van der Waals surface area contributed by atoms with Crippen molar-refractivity contribution in [1.82, 2.24) is 5.32 Å². The molecule has 2 nitrogen and oxygen atoms in total. The minimum absolute atomic E-state index is 0.163. The lowest BCUT2D eigenvalue weighted by Crippen LogP contribution is -2.38. The van der Waals surface area contributed by atoms with E-state index in [1.807, 2.05) is 12.1 Å². The number of nitrogens with one attached hydrogen (secondary N) is 1. The van der Waals surface area contributed by atoms with Gasteiger partial charge < -0.3 is 10.1 Å². The van der Waals surface area contributed by atoms with Crippen LogP contribution in [0.4, 0.5) is 4.39 Å². The lowest BCUT2D eigenvalue weighted by molar-refractivity contribution is 0.0227. The molecule has 118 valence electrons. The van der Waals surface area contributed by atoms with Crippen LogP contribution in [0.1, 0.15) is 57.6 Å². The highest BCUT2D eigenvalue weighted by molar-refractivity contribution is 5.20. The average molecular weight is 293 g/mol. The van der Waals surface area contributed by atoms with Gasteiger partial charge >= 0.3 is 0 Å². The van der Waals surface area contributed by atoms with Crippen LogP contribution >= 0.6 is 0 Å². The van der Waals surface area contributed by atoms with Crippen LogP contribution in [0.25, 0.3) is 0 Å². The summed E-state index contributed by atoms with van der Waals surface area (Å²) in [5.41, 5.74) is 1.52. The molecule has 1 aliphatic heterocycles.